The third kappa shape index (κ3) is 2.12. The first kappa shape index (κ1) is 12.9. The van der Waals surface area contributed by atoms with Crippen LogP contribution in [0.25, 0.3) is 32.9 Å². The lowest BCUT2D eigenvalue weighted by atomic mass is 10.1. The maximum absolute atomic E-state index is 6.20. The number of pyridine rings is 1. The minimum atomic E-state index is 0.491. The molecule has 4 aromatic rings. The van der Waals surface area contributed by atoms with Crippen molar-refractivity contribution in [2.45, 2.75) is 0 Å². The number of fused-ring (bicyclic) bond motifs is 1. The van der Waals surface area contributed by atoms with Crippen LogP contribution >= 0.6 is 11.3 Å². The Hall–Kier alpha value is -2.79. The molecule has 5 heteroatoms. The van der Waals surface area contributed by atoms with E-state index in [1.807, 2.05) is 36.4 Å². The van der Waals surface area contributed by atoms with E-state index < -0.39 is 0 Å². The summed E-state index contributed by atoms with van der Waals surface area (Å²) in [6.45, 7) is 0. The average Bonchev–Trinajstić information content (AvgIpc) is 3.01. The number of rotatable bonds is 2. The van der Waals surface area contributed by atoms with Crippen LogP contribution in [0.5, 0.6) is 0 Å². The van der Waals surface area contributed by atoms with E-state index in [0.29, 0.717) is 11.6 Å². The predicted octanol–water partition coefficient (Wildman–Crippen LogP) is 4.00. The summed E-state index contributed by atoms with van der Waals surface area (Å²) in [7, 11) is 0. The van der Waals surface area contributed by atoms with E-state index >= 15 is 0 Å². The van der Waals surface area contributed by atoms with Crippen molar-refractivity contribution in [1.82, 2.24) is 15.0 Å². The van der Waals surface area contributed by atoms with Crippen LogP contribution in [0.3, 0.4) is 0 Å². The number of nitrogens with two attached hydrogens (primary N) is 1. The number of benzene rings is 1. The van der Waals surface area contributed by atoms with Gasteiger partial charge in [-0.1, -0.05) is 36.4 Å². The van der Waals surface area contributed by atoms with Gasteiger partial charge in [-0.2, -0.15) is 0 Å². The fourth-order valence-corrected chi connectivity index (χ4v) is 3.36. The molecule has 4 rings (SSSR count). The number of thiophene rings is 1. The van der Waals surface area contributed by atoms with Gasteiger partial charge in [-0.15, -0.1) is 11.3 Å². The molecule has 0 spiro atoms. The number of nitrogens with zero attached hydrogens (tertiary/aromatic N) is 3. The second-order valence-electron chi connectivity index (χ2n) is 4.84. The smallest absolute Gasteiger partial charge is 0.181 e. The van der Waals surface area contributed by atoms with E-state index in [4.69, 9.17) is 5.73 Å². The van der Waals surface area contributed by atoms with Gasteiger partial charge in [0.05, 0.1) is 5.39 Å². The fourth-order valence-electron chi connectivity index (χ4n) is 2.41. The van der Waals surface area contributed by atoms with Crippen LogP contribution in [0.15, 0.2) is 60.1 Å². The number of anilines is 1. The minimum absolute atomic E-state index is 0.491. The predicted molar refractivity (Wildman–Crippen MR) is 90.5 cm³/mol. The van der Waals surface area contributed by atoms with E-state index in [0.717, 1.165) is 27.0 Å². The molecular weight excluding hydrogens is 292 g/mol. The molecule has 106 valence electrons. The molecule has 0 aliphatic carbocycles. The second kappa shape index (κ2) is 5.20. The van der Waals surface area contributed by atoms with Gasteiger partial charge in [0.25, 0.3) is 0 Å². The van der Waals surface area contributed by atoms with Crippen molar-refractivity contribution in [2.75, 3.05) is 5.73 Å². The molecular formula is C17H12N4S. The first-order valence-corrected chi connectivity index (χ1v) is 7.72. The number of aromatic nitrogens is 3. The Morgan fingerprint density at radius 2 is 1.73 bits per heavy atom. The molecule has 1 aromatic carbocycles. The zero-order chi connectivity index (χ0) is 14.9. The van der Waals surface area contributed by atoms with E-state index in [1.165, 1.54) is 0 Å². The summed E-state index contributed by atoms with van der Waals surface area (Å²) in [5.74, 6) is 1.05. The van der Waals surface area contributed by atoms with Crippen molar-refractivity contribution in [3.63, 3.8) is 0 Å². The lowest BCUT2D eigenvalue weighted by Gasteiger charge is -2.04. The standard InChI is InChI=1S/C17H12N4S/c18-15-14-12(11-6-2-1-3-7-11)10-22-17(14)21-16(20-15)13-8-4-5-9-19-13/h1-10H,(H2,18,20,21). The Kier molecular flexibility index (Phi) is 3.05. The third-order valence-electron chi connectivity index (χ3n) is 3.44. The summed E-state index contributed by atoms with van der Waals surface area (Å²) in [5, 5.41) is 2.99. The Morgan fingerprint density at radius 3 is 2.50 bits per heavy atom. The first-order chi connectivity index (χ1) is 10.8. The minimum Gasteiger partial charge on any atom is -0.383 e. The highest BCUT2D eigenvalue weighted by Gasteiger charge is 2.14. The van der Waals surface area contributed by atoms with Crippen LogP contribution in [0.2, 0.25) is 0 Å². The summed E-state index contributed by atoms with van der Waals surface area (Å²) in [4.78, 5) is 14.2. The molecule has 0 atom stereocenters. The second-order valence-corrected chi connectivity index (χ2v) is 5.70. The van der Waals surface area contributed by atoms with Crippen LogP contribution in [0.4, 0.5) is 5.82 Å². The van der Waals surface area contributed by atoms with Crippen molar-refractivity contribution in [2.24, 2.45) is 0 Å². The average molecular weight is 304 g/mol. The van der Waals surface area contributed by atoms with Gasteiger partial charge >= 0.3 is 0 Å². The molecule has 22 heavy (non-hydrogen) atoms. The van der Waals surface area contributed by atoms with Crippen LogP contribution in [0, 0.1) is 0 Å². The first-order valence-electron chi connectivity index (χ1n) is 6.84. The molecule has 2 N–H and O–H groups in total. The summed E-state index contributed by atoms with van der Waals surface area (Å²) < 4.78 is 0. The van der Waals surface area contributed by atoms with Crippen molar-refractivity contribution in [3.05, 3.63) is 60.1 Å². The molecule has 4 nitrogen and oxygen atoms in total. The van der Waals surface area contributed by atoms with Gasteiger partial charge in [-0.25, -0.2) is 9.97 Å². The van der Waals surface area contributed by atoms with E-state index in [9.17, 15) is 0 Å². The van der Waals surface area contributed by atoms with Crippen molar-refractivity contribution in [3.8, 4) is 22.6 Å². The molecule has 3 aromatic heterocycles. The van der Waals surface area contributed by atoms with Gasteiger partial charge in [0.1, 0.15) is 16.3 Å². The van der Waals surface area contributed by atoms with Crippen molar-refractivity contribution in [1.29, 1.82) is 0 Å². The molecule has 0 radical (unpaired) electrons. The third-order valence-corrected chi connectivity index (χ3v) is 4.31. The van der Waals surface area contributed by atoms with E-state index in [-0.39, 0.29) is 0 Å². The van der Waals surface area contributed by atoms with Gasteiger partial charge < -0.3 is 5.73 Å². The lowest BCUT2D eigenvalue weighted by Crippen LogP contribution is -1.97. The fraction of sp³-hybridized carbons (Fsp3) is 0. The zero-order valence-corrected chi connectivity index (χ0v) is 12.4. The highest BCUT2D eigenvalue weighted by Crippen LogP contribution is 2.36. The van der Waals surface area contributed by atoms with E-state index in [2.05, 4.69) is 32.5 Å². The monoisotopic (exact) mass is 304 g/mol. The maximum atomic E-state index is 6.20. The molecule has 0 unspecified atom stereocenters. The number of nitrogen functional groups attached to an aromatic ring is 1. The highest BCUT2D eigenvalue weighted by molar-refractivity contribution is 7.17. The van der Waals surface area contributed by atoms with E-state index in [1.54, 1.807) is 17.5 Å². The summed E-state index contributed by atoms with van der Waals surface area (Å²) in [6.07, 6.45) is 1.73. The molecule has 0 fully saturated rings. The molecule has 0 saturated carbocycles. The van der Waals surface area contributed by atoms with Crippen molar-refractivity contribution >= 4 is 27.4 Å². The molecule has 0 amide bonds. The molecule has 0 aliphatic rings. The highest BCUT2D eigenvalue weighted by atomic mass is 32.1. The largest absolute Gasteiger partial charge is 0.383 e. The number of hydrogen-bond donors (Lipinski definition) is 1. The molecule has 0 saturated heterocycles. The Bertz CT molecular complexity index is 933. The summed E-state index contributed by atoms with van der Waals surface area (Å²) in [6, 6.07) is 15.8. The van der Waals surface area contributed by atoms with Crippen LogP contribution in [0.1, 0.15) is 0 Å². The normalized spacial score (nSPS) is 10.9. The van der Waals surface area contributed by atoms with Gasteiger partial charge in [0, 0.05) is 17.1 Å². The SMILES string of the molecule is Nc1nc(-c2ccccn2)nc2scc(-c3ccccc3)c12. The Balaban J connectivity index is 1.92. The topological polar surface area (TPSA) is 64.7 Å². The number of hydrogen-bond acceptors (Lipinski definition) is 5. The summed E-state index contributed by atoms with van der Waals surface area (Å²) in [5.41, 5.74) is 9.13. The zero-order valence-electron chi connectivity index (χ0n) is 11.6. The van der Waals surface area contributed by atoms with Crippen molar-refractivity contribution < 1.29 is 0 Å². The van der Waals surface area contributed by atoms with Gasteiger partial charge in [-0.05, 0) is 17.7 Å². The maximum Gasteiger partial charge on any atom is 0.181 e. The van der Waals surface area contributed by atoms with Crippen LogP contribution in [-0.4, -0.2) is 15.0 Å². The molecule has 3 heterocycles. The van der Waals surface area contributed by atoms with Crippen LogP contribution in [-0.2, 0) is 0 Å². The molecule has 0 bridgehead atoms. The quantitative estimate of drug-likeness (QED) is 0.608. The Labute approximate surface area is 131 Å². The van der Waals surface area contributed by atoms with Gasteiger partial charge in [-0.3, -0.25) is 4.98 Å². The van der Waals surface area contributed by atoms with Gasteiger partial charge in [0.15, 0.2) is 5.82 Å². The van der Waals surface area contributed by atoms with Gasteiger partial charge in [0.2, 0.25) is 0 Å². The lowest BCUT2D eigenvalue weighted by molar-refractivity contribution is 1.19. The summed E-state index contributed by atoms with van der Waals surface area (Å²) >= 11 is 1.57. The Morgan fingerprint density at radius 1 is 0.909 bits per heavy atom. The molecule has 0 aliphatic heterocycles. The van der Waals surface area contributed by atoms with Crippen LogP contribution < -0.4 is 5.73 Å².